The largest absolute Gasteiger partial charge is 0.363 e. The van der Waals surface area contributed by atoms with E-state index in [1.807, 2.05) is 36.6 Å². The highest BCUT2D eigenvalue weighted by atomic mass is 15.1. The Kier molecular flexibility index (Phi) is 7.06. The molecule has 4 aromatic rings. The molecule has 0 saturated heterocycles. The van der Waals surface area contributed by atoms with Crippen molar-refractivity contribution in [1.29, 1.82) is 0 Å². The van der Waals surface area contributed by atoms with E-state index in [0.717, 1.165) is 24.5 Å². The molecule has 0 aromatic heterocycles. The molecule has 0 N–H and O–H groups in total. The van der Waals surface area contributed by atoms with Crippen LogP contribution in [-0.2, 0) is 13.1 Å². The first-order valence-electron chi connectivity index (χ1n) is 10.6. The molecule has 2 heteroatoms. The second-order valence-corrected chi connectivity index (χ2v) is 7.40. The highest BCUT2D eigenvalue weighted by molar-refractivity contribution is 5.80. The Balaban J connectivity index is 1.53. The molecule has 0 fully saturated rings. The van der Waals surface area contributed by atoms with E-state index in [2.05, 4.69) is 107 Å². The Morgan fingerprint density at radius 2 is 1.19 bits per heavy atom. The summed E-state index contributed by atoms with van der Waals surface area (Å²) in [7, 11) is 0. The maximum atomic E-state index is 4.64. The molecule has 152 valence electrons. The molecule has 0 aliphatic carbocycles. The molecule has 0 aliphatic heterocycles. The van der Waals surface area contributed by atoms with Crippen molar-refractivity contribution in [3.63, 3.8) is 0 Å². The Hall–Kier alpha value is -3.91. The lowest BCUT2D eigenvalue weighted by Gasteiger charge is -2.25. The third kappa shape index (κ3) is 6.28. The maximum absolute atomic E-state index is 4.64. The quantitative estimate of drug-likeness (QED) is 0.282. The van der Waals surface area contributed by atoms with E-state index in [0.29, 0.717) is 0 Å². The lowest BCUT2D eigenvalue weighted by Crippen LogP contribution is -2.22. The zero-order valence-electron chi connectivity index (χ0n) is 17.5. The van der Waals surface area contributed by atoms with E-state index in [4.69, 9.17) is 0 Å². The summed E-state index contributed by atoms with van der Waals surface area (Å²) in [4.78, 5) is 7.03. The minimum Gasteiger partial charge on any atom is -0.363 e. The van der Waals surface area contributed by atoms with Gasteiger partial charge in [0.15, 0.2) is 0 Å². The lowest BCUT2D eigenvalue weighted by molar-refractivity contribution is 0.800. The van der Waals surface area contributed by atoms with E-state index < -0.39 is 0 Å². The molecule has 0 atom stereocenters. The van der Waals surface area contributed by atoms with Gasteiger partial charge in [0.1, 0.15) is 0 Å². The first-order valence-corrected chi connectivity index (χ1v) is 10.6. The second-order valence-electron chi connectivity index (χ2n) is 7.40. The van der Waals surface area contributed by atoms with Gasteiger partial charge >= 0.3 is 0 Å². The predicted octanol–water partition coefficient (Wildman–Crippen LogP) is 7.31. The summed E-state index contributed by atoms with van der Waals surface area (Å²) in [5, 5.41) is 0. The summed E-state index contributed by atoms with van der Waals surface area (Å²) in [6.07, 6.45) is 5.89. The molecule has 0 aliphatic rings. The minimum atomic E-state index is 0.844. The van der Waals surface area contributed by atoms with Gasteiger partial charge in [0.2, 0.25) is 0 Å². The molecule has 0 spiro atoms. The first-order chi connectivity index (χ1) is 15.4. The van der Waals surface area contributed by atoms with E-state index in [1.165, 1.54) is 16.7 Å². The summed E-state index contributed by atoms with van der Waals surface area (Å²) in [6.45, 7) is 1.69. The van der Waals surface area contributed by atoms with Crippen LogP contribution in [0.4, 0.5) is 11.4 Å². The molecular formula is C29H26N2. The minimum absolute atomic E-state index is 0.844. The topological polar surface area (TPSA) is 15.6 Å². The van der Waals surface area contributed by atoms with Gasteiger partial charge in [-0.05, 0) is 41.0 Å². The van der Waals surface area contributed by atoms with Crippen LogP contribution >= 0.6 is 0 Å². The number of nitrogens with zero attached hydrogens (tertiary/aromatic N) is 2. The number of anilines is 1. The van der Waals surface area contributed by atoms with Crippen molar-refractivity contribution in [3.05, 3.63) is 138 Å². The summed E-state index contributed by atoms with van der Waals surface area (Å²) in [5.41, 5.74) is 5.85. The van der Waals surface area contributed by atoms with Crippen molar-refractivity contribution in [1.82, 2.24) is 0 Å². The van der Waals surface area contributed by atoms with Gasteiger partial charge in [-0.25, -0.2) is 0 Å². The number of allylic oxidation sites excluding steroid dienone is 1. The molecule has 0 heterocycles. The van der Waals surface area contributed by atoms with Crippen molar-refractivity contribution < 1.29 is 0 Å². The van der Waals surface area contributed by atoms with Gasteiger partial charge in [0.25, 0.3) is 0 Å². The fourth-order valence-corrected chi connectivity index (χ4v) is 3.46. The zero-order valence-corrected chi connectivity index (χ0v) is 17.5. The predicted molar refractivity (Wildman–Crippen MR) is 133 cm³/mol. The fourth-order valence-electron chi connectivity index (χ4n) is 3.46. The number of aliphatic imine (C=N–C) groups is 1. The summed E-state index contributed by atoms with van der Waals surface area (Å²) < 4.78 is 0. The van der Waals surface area contributed by atoms with E-state index in [-0.39, 0.29) is 0 Å². The highest BCUT2D eigenvalue weighted by Crippen LogP contribution is 2.25. The van der Waals surface area contributed by atoms with Crippen LogP contribution in [0.1, 0.15) is 16.7 Å². The van der Waals surface area contributed by atoms with Crippen LogP contribution in [-0.4, -0.2) is 6.21 Å². The smallest absolute Gasteiger partial charge is 0.0650 e. The van der Waals surface area contributed by atoms with Gasteiger partial charge in [0.05, 0.1) is 5.69 Å². The van der Waals surface area contributed by atoms with Crippen LogP contribution in [0.25, 0.3) is 6.08 Å². The average molecular weight is 403 g/mol. The van der Waals surface area contributed by atoms with Crippen molar-refractivity contribution in [3.8, 4) is 0 Å². The summed E-state index contributed by atoms with van der Waals surface area (Å²) in [6, 6.07) is 39.9. The standard InChI is InChI=1S/C29H26N2/c1-4-12-25(13-5-1)18-11-21-30-28-19-10-20-29(22-28)31(23-26-14-6-2-7-15-26)24-27-16-8-3-9-17-27/h1-22H,23-24H2. The van der Waals surface area contributed by atoms with E-state index in [9.17, 15) is 0 Å². The molecule has 0 amide bonds. The molecule has 31 heavy (non-hydrogen) atoms. The fraction of sp³-hybridized carbons (Fsp3) is 0.0690. The molecule has 2 nitrogen and oxygen atoms in total. The number of hydrogen-bond donors (Lipinski definition) is 0. The first kappa shape index (κ1) is 20.4. The zero-order chi connectivity index (χ0) is 21.1. The highest BCUT2D eigenvalue weighted by Gasteiger charge is 2.09. The van der Waals surface area contributed by atoms with Crippen LogP contribution in [0.3, 0.4) is 0 Å². The Bertz CT molecular complexity index is 1080. The van der Waals surface area contributed by atoms with Crippen molar-refractivity contribution in [2.45, 2.75) is 13.1 Å². The van der Waals surface area contributed by atoms with E-state index >= 15 is 0 Å². The third-order valence-corrected chi connectivity index (χ3v) is 5.03. The van der Waals surface area contributed by atoms with Crippen molar-refractivity contribution in [2.24, 2.45) is 4.99 Å². The molecule has 0 radical (unpaired) electrons. The van der Waals surface area contributed by atoms with Gasteiger partial charge in [-0.15, -0.1) is 0 Å². The van der Waals surface area contributed by atoms with Crippen LogP contribution < -0.4 is 4.90 Å². The molecule has 0 bridgehead atoms. The van der Waals surface area contributed by atoms with Crippen LogP contribution in [0.2, 0.25) is 0 Å². The van der Waals surface area contributed by atoms with Crippen molar-refractivity contribution in [2.75, 3.05) is 4.90 Å². The number of rotatable bonds is 8. The Morgan fingerprint density at radius 3 is 1.81 bits per heavy atom. The molecule has 0 unspecified atom stereocenters. The maximum Gasteiger partial charge on any atom is 0.0650 e. The van der Waals surface area contributed by atoms with Gasteiger partial charge in [-0.2, -0.15) is 0 Å². The van der Waals surface area contributed by atoms with Gasteiger partial charge < -0.3 is 4.90 Å². The van der Waals surface area contributed by atoms with Crippen molar-refractivity contribution >= 4 is 23.7 Å². The lowest BCUT2D eigenvalue weighted by atomic mass is 10.1. The van der Waals surface area contributed by atoms with Crippen LogP contribution in [0, 0.1) is 0 Å². The SMILES string of the molecule is C(=Cc1ccccc1)C=Nc1cccc(N(Cc2ccccc2)Cc2ccccc2)c1. The number of hydrogen-bond acceptors (Lipinski definition) is 2. The Morgan fingerprint density at radius 1 is 0.613 bits per heavy atom. The van der Waals surface area contributed by atoms with Gasteiger partial charge in [0, 0.05) is 25.0 Å². The second kappa shape index (κ2) is 10.7. The monoisotopic (exact) mass is 402 g/mol. The summed E-state index contributed by atoms with van der Waals surface area (Å²) in [5.74, 6) is 0. The number of benzene rings is 4. The third-order valence-electron chi connectivity index (χ3n) is 5.03. The molecule has 4 rings (SSSR count). The Labute approximate surface area is 184 Å². The molecular weight excluding hydrogens is 376 g/mol. The van der Waals surface area contributed by atoms with Crippen LogP contribution in [0.15, 0.2) is 126 Å². The molecule has 4 aromatic carbocycles. The normalized spacial score (nSPS) is 11.2. The van der Waals surface area contributed by atoms with Gasteiger partial charge in [-0.1, -0.05) is 103 Å². The van der Waals surface area contributed by atoms with Gasteiger partial charge in [-0.3, -0.25) is 4.99 Å². The average Bonchev–Trinajstić information content (AvgIpc) is 2.84. The summed E-state index contributed by atoms with van der Waals surface area (Å²) >= 11 is 0. The van der Waals surface area contributed by atoms with E-state index in [1.54, 1.807) is 0 Å². The molecule has 0 saturated carbocycles. The van der Waals surface area contributed by atoms with Crippen LogP contribution in [0.5, 0.6) is 0 Å².